The van der Waals surface area contributed by atoms with Crippen LogP contribution >= 0.6 is 0 Å². The fourth-order valence-corrected chi connectivity index (χ4v) is 8.31. The summed E-state index contributed by atoms with van der Waals surface area (Å²) in [5.41, 5.74) is 2.61. The Bertz CT molecular complexity index is 1710. The SMILES string of the molecule is CNS(=O)(=O)c1cccc(OC[C@@H](O)CNC2COC3(CCN(S(=O)(=O)c4cccc(-c5cccc(CN(C)C)c5)c4)CC3)C2)c1. The van der Waals surface area contributed by atoms with Gasteiger partial charge in [0.15, 0.2) is 0 Å². The van der Waals surface area contributed by atoms with Crippen LogP contribution in [0.2, 0.25) is 0 Å². The van der Waals surface area contributed by atoms with E-state index in [2.05, 4.69) is 27.1 Å². The molecule has 2 aliphatic heterocycles. The Morgan fingerprint density at radius 1 is 0.978 bits per heavy atom. The first kappa shape index (κ1) is 34.5. The summed E-state index contributed by atoms with van der Waals surface area (Å²) in [4.78, 5) is 2.47. The average Bonchev–Trinajstić information content (AvgIpc) is 3.44. The second-order valence-corrected chi connectivity index (χ2v) is 16.1. The number of nitrogens with one attached hydrogen (secondary N) is 2. The fraction of sp³-hybridized carbons (Fsp3) is 0.455. The first-order valence-corrected chi connectivity index (χ1v) is 18.4. The molecule has 1 spiro atoms. The minimum absolute atomic E-state index is 0.00961. The smallest absolute Gasteiger partial charge is 0.243 e. The number of rotatable bonds is 13. The number of nitrogens with zero attached hydrogens (tertiary/aromatic N) is 2. The predicted molar refractivity (Wildman–Crippen MR) is 177 cm³/mol. The normalized spacial score (nSPS) is 19.5. The van der Waals surface area contributed by atoms with Crippen molar-refractivity contribution in [3.8, 4) is 16.9 Å². The van der Waals surface area contributed by atoms with Crippen LogP contribution in [0.1, 0.15) is 24.8 Å². The van der Waals surface area contributed by atoms with Crippen LogP contribution in [0, 0.1) is 0 Å². The van der Waals surface area contributed by atoms with Crippen LogP contribution in [0.5, 0.6) is 5.75 Å². The van der Waals surface area contributed by atoms with Gasteiger partial charge in [-0.05, 0) is 87.4 Å². The Morgan fingerprint density at radius 2 is 1.65 bits per heavy atom. The minimum Gasteiger partial charge on any atom is -0.491 e. The number of ether oxygens (including phenoxy) is 2. The molecule has 2 fully saturated rings. The van der Waals surface area contributed by atoms with E-state index in [1.807, 2.05) is 32.3 Å². The molecule has 2 aliphatic rings. The van der Waals surface area contributed by atoms with Gasteiger partial charge in [0.1, 0.15) is 18.5 Å². The molecule has 3 aromatic carbocycles. The highest BCUT2D eigenvalue weighted by atomic mass is 32.2. The minimum atomic E-state index is -3.67. The number of benzene rings is 3. The standard InChI is InChI=1S/C33H44N4O7S2/c1-34-45(39,40)31-11-6-10-30(19-31)43-24-29(38)21-35-28-20-33(44-23-28)13-15-37(16-14-33)46(41,42)32-12-5-9-27(18-32)26-8-4-7-25(17-26)22-36(2)3/h4-12,17-19,28-29,34-35,38H,13-16,20-24H2,1-3H3/t28?,29-/m0/s1. The summed E-state index contributed by atoms with van der Waals surface area (Å²) in [7, 11) is -1.89. The largest absolute Gasteiger partial charge is 0.491 e. The molecule has 1 unspecified atom stereocenters. The molecule has 46 heavy (non-hydrogen) atoms. The molecule has 2 saturated heterocycles. The van der Waals surface area contributed by atoms with E-state index in [0.717, 1.165) is 29.7 Å². The highest BCUT2D eigenvalue weighted by molar-refractivity contribution is 7.89. The molecule has 0 saturated carbocycles. The van der Waals surface area contributed by atoms with Crippen LogP contribution in [0.3, 0.4) is 0 Å². The number of hydrogen-bond donors (Lipinski definition) is 3. The summed E-state index contributed by atoms with van der Waals surface area (Å²) in [5, 5.41) is 13.8. The van der Waals surface area contributed by atoms with Gasteiger partial charge in [0.25, 0.3) is 0 Å². The molecule has 11 nitrogen and oxygen atoms in total. The van der Waals surface area contributed by atoms with Crippen molar-refractivity contribution in [1.82, 2.24) is 19.2 Å². The molecule has 2 atom stereocenters. The van der Waals surface area contributed by atoms with Gasteiger partial charge in [-0.1, -0.05) is 36.4 Å². The maximum absolute atomic E-state index is 13.7. The molecule has 0 aliphatic carbocycles. The van der Waals surface area contributed by atoms with Crippen molar-refractivity contribution < 1.29 is 31.4 Å². The lowest BCUT2D eigenvalue weighted by Crippen LogP contribution is -2.47. The van der Waals surface area contributed by atoms with E-state index >= 15 is 0 Å². The van der Waals surface area contributed by atoms with Crippen molar-refractivity contribution in [1.29, 1.82) is 0 Å². The van der Waals surface area contributed by atoms with E-state index in [1.165, 1.54) is 19.2 Å². The van der Waals surface area contributed by atoms with Crippen molar-refractivity contribution in [3.63, 3.8) is 0 Å². The van der Waals surface area contributed by atoms with Crippen molar-refractivity contribution >= 4 is 20.0 Å². The molecule has 0 radical (unpaired) electrons. The van der Waals surface area contributed by atoms with Crippen LogP contribution in [0.15, 0.2) is 82.6 Å². The number of piperidine rings is 1. The van der Waals surface area contributed by atoms with Gasteiger partial charge in [0, 0.05) is 38.3 Å². The second-order valence-electron chi connectivity index (χ2n) is 12.3. The lowest BCUT2D eigenvalue weighted by molar-refractivity contribution is -0.0312. The Balaban J connectivity index is 1.11. The summed E-state index contributed by atoms with van der Waals surface area (Å²) in [6, 6.07) is 21.5. The maximum Gasteiger partial charge on any atom is 0.243 e. The first-order valence-electron chi connectivity index (χ1n) is 15.5. The monoisotopic (exact) mass is 672 g/mol. The molecule has 3 N–H and O–H groups in total. The van der Waals surface area contributed by atoms with Gasteiger partial charge in [-0.3, -0.25) is 0 Å². The van der Waals surface area contributed by atoms with E-state index in [9.17, 15) is 21.9 Å². The lowest BCUT2D eigenvalue weighted by atomic mass is 9.88. The Kier molecular flexibility index (Phi) is 10.8. The van der Waals surface area contributed by atoms with E-state index in [-0.39, 0.29) is 29.0 Å². The summed E-state index contributed by atoms with van der Waals surface area (Å²) in [6.45, 7) is 2.28. The van der Waals surface area contributed by atoms with Crippen molar-refractivity contribution in [3.05, 3.63) is 78.4 Å². The van der Waals surface area contributed by atoms with Gasteiger partial charge in [-0.25, -0.2) is 21.6 Å². The van der Waals surface area contributed by atoms with Crippen molar-refractivity contribution in [2.45, 2.75) is 53.3 Å². The van der Waals surface area contributed by atoms with Gasteiger partial charge in [-0.2, -0.15) is 4.31 Å². The predicted octanol–water partition coefficient (Wildman–Crippen LogP) is 2.67. The van der Waals surface area contributed by atoms with E-state index < -0.39 is 31.8 Å². The van der Waals surface area contributed by atoms with Crippen LogP contribution in [-0.2, 0) is 31.3 Å². The number of aliphatic hydroxyl groups is 1. The number of sulfonamides is 2. The maximum atomic E-state index is 13.7. The van der Waals surface area contributed by atoms with E-state index in [1.54, 1.807) is 34.6 Å². The second kappa shape index (κ2) is 14.5. The van der Waals surface area contributed by atoms with Crippen LogP contribution in [0.25, 0.3) is 11.1 Å². The third-order valence-corrected chi connectivity index (χ3v) is 11.8. The van der Waals surface area contributed by atoms with Gasteiger partial charge < -0.3 is 24.8 Å². The van der Waals surface area contributed by atoms with Gasteiger partial charge in [-0.15, -0.1) is 0 Å². The molecule has 0 amide bonds. The summed E-state index contributed by atoms with van der Waals surface area (Å²) < 4.78 is 67.1. The molecule has 2 heterocycles. The van der Waals surface area contributed by atoms with E-state index in [4.69, 9.17) is 9.47 Å². The quantitative estimate of drug-likeness (QED) is 0.250. The zero-order valence-electron chi connectivity index (χ0n) is 26.6. The highest BCUT2D eigenvalue weighted by Gasteiger charge is 2.44. The fourth-order valence-electron chi connectivity index (χ4n) is 6.06. The highest BCUT2D eigenvalue weighted by Crippen LogP contribution is 2.37. The molecule has 3 aromatic rings. The van der Waals surface area contributed by atoms with E-state index in [0.29, 0.717) is 38.3 Å². The molecule has 0 bridgehead atoms. The molecule has 13 heteroatoms. The summed E-state index contributed by atoms with van der Waals surface area (Å²) in [5.74, 6) is 0.348. The average molecular weight is 673 g/mol. The molecule has 0 aromatic heterocycles. The molecule has 250 valence electrons. The van der Waals surface area contributed by atoms with Crippen LogP contribution < -0.4 is 14.8 Å². The Labute approximate surface area is 272 Å². The van der Waals surface area contributed by atoms with Crippen LogP contribution in [-0.4, -0.2) is 103 Å². The number of aliphatic hydroxyl groups excluding tert-OH is 1. The number of hydrogen-bond acceptors (Lipinski definition) is 9. The van der Waals surface area contributed by atoms with Crippen molar-refractivity contribution in [2.75, 3.05) is 54.0 Å². The van der Waals surface area contributed by atoms with Gasteiger partial charge in [0.05, 0.1) is 22.0 Å². The zero-order valence-corrected chi connectivity index (χ0v) is 28.2. The third-order valence-electron chi connectivity index (χ3n) is 8.54. The lowest BCUT2D eigenvalue weighted by Gasteiger charge is -2.38. The summed E-state index contributed by atoms with van der Waals surface area (Å²) >= 11 is 0. The van der Waals surface area contributed by atoms with Crippen molar-refractivity contribution in [2.24, 2.45) is 0 Å². The Hall–Kier alpha value is -2.88. The van der Waals surface area contributed by atoms with Gasteiger partial charge in [0.2, 0.25) is 20.0 Å². The molecule has 5 rings (SSSR count). The summed E-state index contributed by atoms with van der Waals surface area (Å²) in [6.07, 6.45) is 1.08. The Morgan fingerprint density at radius 3 is 2.37 bits per heavy atom. The topological polar surface area (TPSA) is 138 Å². The zero-order chi connectivity index (χ0) is 33.0. The van der Waals surface area contributed by atoms with Gasteiger partial charge >= 0.3 is 0 Å². The van der Waals surface area contributed by atoms with Crippen LogP contribution in [0.4, 0.5) is 0 Å². The molecular formula is C33H44N4O7S2. The third kappa shape index (κ3) is 8.33. The molecular weight excluding hydrogens is 629 g/mol. The first-order chi connectivity index (χ1) is 21.9.